The zero-order valence-corrected chi connectivity index (χ0v) is 13.3. The molecule has 0 fully saturated rings. The lowest BCUT2D eigenvalue weighted by atomic mass is 10.1. The summed E-state index contributed by atoms with van der Waals surface area (Å²) < 4.78 is 2.03. The van der Waals surface area contributed by atoms with Gasteiger partial charge in [-0.2, -0.15) is 5.10 Å². The van der Waals surface area contributed by atoms with Gasteiger partial charge >= 0.3 is 0 Å². The zero-order chi connectivity index (χ0) is 14.8. The van der Waals surface area contributed by atoms with Crippen LogP contribution in [0.1, 0.15) is 37.6 Å². The molecule has 0 radical (unpaired) electrons. The van der Waals surface area contributed by atoms with Crippen LogP contribution >= 0.6 is 11.6 Å². The summed E-state index contributed by atoms with van der Waals surface area (Å²) in [4.78, 5) is 0. The number of benzene rings is 1. The Labute approximate surface area is 126 Å². The Kier molecular flexibility index (Phi) is 4.51. The topological polar surface area (TPSA) is 29.9 Å². The molecule has 1 aromatic heterocycles. The molecule has 0 saturated heterocycles. The van der Waals surface area contributed by atoms with Crippen molar-refractivity contribution in [3.05, 3.63) is 52.3 Å². The summed E-state index contributed by atoms with van der Waals surface area (Å²) in [5.41, 5.74) is 3.77. The van der Waals surface area contributed by atoms with Crippen molar-refractivity contribution < 1.29 is 0 Å². The maximum atomic E-state index is 5.90. The summed E-state index contributed by atoms with van der Waals surface area (Å²) in [6.07, 6.45) is 1.95. The van der Waals surface area contributed by atoms with E-state index in [4.69, 9.17) is 11.6 Å². The highest BCUT2D eigenvalue weighted by Crippen LogP contribution is 2.14. The molecule has 3 nitrogen and oxygen atoms in total. The van der Waals surface area contributed by atoms with Crippen LogP contribution in [-0.2, 0) is 13.1 Å². The molecule has 0 amide bonds. The van der Waals surface area contributed by atoms with Crippen LogP contribution in [0.5, 0.6) is 0 Å². The van der Waals surface area contributed by atoms with Crippen molar-refractivity contribution in [1.29, 1.82) is 0 Å². The SMILES string of the molecule is Cc1c(CNC(C)(C)C)cnn1Cc1ccc(Cl)cc1. The van der Waals surface area contributed by atoms with Gasteiger partial charge in [0, 0.05) is 28.4 Å². The summed E-state index contributed by atoms with van der Waals surface area (Å²) in [7, 11) is 0. The molecule has 0 aliphatic heterocycles. The molecule has 0 unspecified atom stereocenters. The minimum Gasteiger partial charge on any atom is -0.308 e. The Balaban J connectivity index is 2.07. The summed E-state index contributed by atoms with van der Waals surface area (Å²) in [5.74, 6) is 0. The molecule has 2 aromatic rings. The standard InChI is InChI=1S/C16H22ClN3/c1-12-14(9-18-16(2,3)4)10-19-20(12)11-13-5-7-15(17)8-6-13/h5-8,10,18H,9,11H2,1-4H3. The lowest BCUT2D eigenvalue weighted by molar-refractivity contribution is 0.423. The molecule has 2 rings (SSSR count). The second kappa shape index (κ2) is 5.98. The van der Waals surface area contributed by atoms with Gasteiger partial charge in [-0.3, -0.25) is 4.68 Å². The molecule has 0 saturated carbocycles. The molecule has 108 valence electrons. The lowest BCUT2D eigenvalue weighted by Crippen LogP contribution is -2.35. The van der Waals surface area contributed by atoms with E-state index in [-0.39, 0.29) is 5.54 Å². The fourth-order valence-corrected chi connectivity index (χ4v) is 2.07. The van der Waals surface area contributed by atoms with Crippen LogP contribution in [-0.4, -0.2) is 15.3 Å². The van der Waals surface area contributed by atoms with Gasteiger partial charge < -0.3 is 5.32 Å². The third kappa shape index (κ3) is 4.09. The first-order chi connectivity index (χ1) is 9.35. The van der Waals surface area contributed by atoms with E-state index in [0.29, 0.717) is 0 Å². The van der Waals surface area contributed by atoms with E-state index in [1.807, 2.05) is 35.1 Å². The van der Waals surface area contributed by atoms with Gasteiger partial charge in [0.2, 0.25) is 0 Å². The van der Waals surface area contributed by atoms with Crippen LogP contribution in [0.4, 0.5) is 0 Å². The van der Waals surface area contributed by atoms with Gasteiger partial charge in [0.05, 0.1) is 12.7 Å². The molecule has 1 N–H and O–H groups in total. The van der Waals surface area contributed by atoms with E-state index in [9.17, 15) is 0 Å². The van der Waals surface area contributed by atoms with Crippen molar-refractivity contribution >= 4 is 11.6 Å². The predicted octanol–water partition coefficient (Wildman–Crippen LogP) is 3.78. The number of nitrogens with one attached hydrogen (secondary N) is 1. The summed E-state index contributed by atoms with van der Waals surface area (Å²) in [5, 5.41) is 8.74. The minimum absolute atomic E-state index is 0.116. The Bertz CT molecular complexity index is 564. The van der Waals surface area contributed by atoms with Crippen molar-refractivity contribution in [2.75, 3.05) is 0 Å². The van der Waals surface area contributed by atoms with E-state index in [1.165, 1.54) is 16.8 Å². The number of hydrogen-bond donors (Lipinski definition) is 1. The van der Waals surface area contributed by atoms with Crippen LogP contribution in [0, 0.1) is 6.92 Å². The van der Waals surface area contributed by atoms with Crippen molar-refractivity contribution in [3.8, 4) is 0 Å². The van der Waals surface area contributed by atoms with E-state index >= 15 is 0 Å². The summed E-state index contributed by atoms with van der Waals surface area (Å²) >= 11 is 5.90. The van der Waals surface area contributed by atoms with Gasteiger partial charge in [0.15, 0.2) is 0 Å². The molecule has 4 heteroatoms. The second-order valence-corrected chi connectivity index (χ2v) is 6.58. The summed E-state index contributed by atoms with van der Waals surface area (Å²) in [6.45, 7) is 10.2. The van der Waals surface area contributed by atoms with Crippen molar-refractivity contribution in [1.82, 2.24) is 15.1 Å². The van der Waals surface area contributed by atoms with Crippen molar-refractivity contribution in [3.63, 3.8) is 0 Å². The smallest absolute Gasteiger partial charge is 0.0662 e. The average molecular weight is 292 g/mol. The first-order valence-electron chi connectivity index (χ1n) is 6.86. The highest BCUT2D eigenvalue weighted by Gasteiger charge is 2.12. The van der Waals surface area contributed by atoms with Gasteiger partial charge in [-0.1, -0.05) is 23.7 Å². The summed E-state index contributed by atoms with van der Waals surface area (Å²) in [6, 6.07) is 7.91. The highest BCUT2D eigenvalue weighted by atomic mass is 35.5. The maximum Gasteiger partial charge on any atom is 0.0662 e. The lowest BCUT2D eigenvalue weighted by Gasteiger charge is -2.20. The van der Waals surface area contributed by atoms with E-state index in [0.717, 1.165) is 18.1 Å². The van der Waals surface area contributed by atoms with E-state index in [2.05, 4.69) is 38.1 Å². The number of rotatable bonds is 4. The number of halogens is 1. The van der Waals surface area contributed by atoms with Gasteiger partial charge in [0.1, 0.15) is 0 Å². The van der Waals surface area contributed by atoms with E-state index < -0.39 is 0 Å². The Morgan fingerprint density at radius 2 is 1.85 bits per heavy atom. The van der Waals surface area contributed by atoms with Crippen molar-refractivity contribution in [2.45, 2.75) is 46.3 Å². The van der Waals surface area contributed by atoms with Gasteiger partial charge in [-0.05, 0) is 45.4 Å². The number of nitrogens with zero attached hydrogens (tertiary/aromatic N) is 2. The first kappa shape index (κ1) is 15.1. The molecule has 20 heavy (non-hydrogen) atoms. The molecule has 0 aliphatic carbocycles. The molecule has 1 heterocycles. The van der Waals surface area contributed by atoms with E-state index in [1.54, 1.807) is 0 Å². The second-order valence-electron chi connectivity index (χ2n) is 6.14. The van der Waals surface area contributed by atoms with Crippen LogP contribution in [0.15, 0.2) is 30.5 Å². The average Bonchev–Trinajstić information content (AvgIpc) is 2.70. The third-order valence-corrected chi connectivity index (χ3v) is 3.51. The fourth-order valence-electron chi connectivity index (χ4n) is 1.94. The monoisotopic (exact) mass is 291 g/mol. The minimum atomic E-state index is 0.116. The Morgan fingerprint density at radius 3 is 2.45 bits per heavy atom. The first-order valence-corrected chi connectivity index (χ1v) is 7.24. The Morgan fingerprint density at radius 1 is 1.20 bits per heavy atom. The zero-order valence-electron chi connectivity index (χ0n) is 12.6. The molecular weight excluding hydrogens is 270 g/mol. The fraction of sp³-hybridized carbons (Fsp3) is 0.438. The van der Waals surface area contributed by atoms with Crippen LogP contribution in [0.2, 0.25) is 5.02 Å². The van der Waals surface area contributed by atoms with Gasteiger partial charge in [-0.25, -0.2) is 0 Å². The van der Waals surface area contributed by atoms with Crippen LogP contribution < -0.4 is 5.32 Å². The number of hydrogen-bond acceptors (Lipinski definition) is 2. The van der Waals surface area contributed by atoms with Crippen LogP contribution in [0.25, 0.3) is 0 Å². The van der Waals surface area contributed by atoms with Gasteiger partial charge in [0.25, 0.3) is 0 Å². The third-order valence-electron chi connectivity index (χ3n) is 3.26. The Hall–Kier alpha value is -1.32. The molecule has 1 aromatic carbocycles. The van der Waals surface area contributed by atoms with Crippen LogP contribution in [0.3, 0.4) is 0 Å². The molecular formula is C16H22ClN3. The van der Waals surface area contributed by atoms with Crippen molar-refractivity contribution in [2.24, 2.45) is 0 Å². The maximum absolute atomic E-state index is 5.90. The normalized spacial score (nSPS) is 11.8. The number of aromatic nitrogens is 2. The largest absolute Gasteiger partial charge is 0.308 e. The molecule has 0 atom stereocenters. The highest BCUT2D eigenvalue weighted by molar-refractivity contribution is 6.30. The van der Waals surface area contributed by atoms with Gasteiger partial charge in [-0.15, -0.1) is 0 Å². The molecule has 0 spiro atoms. The quantitative estimate of drug-likeness (QED) is 0.929. The predicted molar refractivity (Wildman–Crippen MR) is 84.1 cm³/mol. The molecule has 0 aliphatic rings. The molecule has 0 bridgehead atoms.